The standard InChI is InChI=1S/C16H13BrF3NO2S/c17-12-7-5-11(6-8-12)15(9-10-15)21-24(22,23)14-4-2-1-3-13(14)16(18,19)20/h1-8,21H,9-10H2. The summed E-state index contributed by atoms with van der Waals surface area (Å²) in [4.78, 5) is -0.749. The third-order valence-corrected chi connectivity index (χ3v) is 6.08. The van der Waals surface area contributed by atoms with E-state index in [4.69, 9.17) is 0 Å². The van der Waals surface area contributed by atoms with Gasteiger partial charge < -0.3 is 0 Å². The molecule has 0 bridgehead atoms. The molecule has 0 aromatic heterocycles. The number of hydrogen-bond donors (Lipinski definition) is 1. The first kappa shape index (κ1) is 17.4. The van der Waals surface area contributed by atoms with Crippen molar-refractivity contribution in [2.75, 3.05) is 0 Å². The summed E-state index contributed by atoms with van der Waals surface area (Å²) in [5.41, 5.74) is -1.26. The second-order valence-corrected chi connectivity index (χ2v) is 8.25. The minimum absolute atomic E-state index is 0.544. The molecule has 0 saturated heterocycles. The Labute approximate surface area is 146 Å². The molecular formula is C16H13BrF3NO2S. The maximum atomic E-state index is 13.1. The number of benzene rings is 2. The fourth-order valence-corrected chi connectivity index (χ4v) is 4.53. The van der Waals surface area contributed by atoms with Gasteiger partial charge in [-0.1, -0.05) is 40.2 Å². The van der Waals surface area contributed by atoms with Crippen LogP contribution in [0.1, 0.15) is 24.0 Å². The van der Waals surface area contributed by atoms with Crippen molar-refractivity contribution in [1.29, 1.82) is 0 Å². The molecule has 0 unspecified atom stereocenters. The highest BCUT2D eigenvalue weighted by Crippen LogP contribution is 2.47. The molecule has 24 heavy (non-hydrogen) atoms. The molecule has 0 aliphatic heterocycles. The van der Waals surface area contributed by atoms with Crippen molar-refractivity contribution in [3.63, 3.8) is 0 Å². The van der Waals surface area contributed by atoms with E-state index in [0.717, 1.165) is 22.2 Å². The number of rotatable bonds is 4. The van der Waals surface area contributed by atoms with Crippen molar-refractivity contribution in [3.05, 3.63) is 64.1 Å². The zero-order valence-corrected chi connectivity index (χ0v) is 14.7. The first-order valence-corrected chi connectivity index (χ1v) is 9.38. The van der Waals surface area contributed by atoms with Crippen molar-refractivity contribution < 1.29 is 21.6 Å². The van der Waals surface area contributed by atoms with Crippen LogP contribution in [-0.2, 0) is 21.7 Å². The highest BCUT2D eigenvalue weighted by Gasteiger charge is 2.48. The predicted octanol–water partition coefficient (Wildman–Crippen LogP) is 4.44. The summed E-state index contributed by atoms with van der Waals surface area (Å²) in [6.45, 7) is 0. The predicted molar refractivity (Wildman–Crippen MR) is 86.8 cm³/mol. The number of nitrogens with one attached hydrogen (secondary N) is 1. The van der Waals surface area contributed by atoms with Gasteiger partial charge in [-0.25, -0.2) is 13.1 Å². The number of alkyl halides is 3. The summed E-state index contributed by atoms with van der Waals surface area (Å²) in [5.74, 6) is 0. The van der Waals surface area contributed by atoms with Gasteiger partial charge in [0.25, 0.3) is 0 Å². The Morgan fingerprint density at radius 2 is 1.58 bits per heavy atom. The van der Waals surface area contributed by atoms with Crippen LogP contribution in [0.4, 0.5) is 13.2 Å². The van der Waals surface area contributed by atoms with Crippen molar-refractivity contribution in [2.24, 2.45) is 0 Å². The van der Waals surface area contributed by atoms with E-state index in [1.165, 1.54) is 12.1 Å². The van der Waals surface area contributed by atoms with Crippen LogP contribution < -0.4 is 4.72 Å². The monoisotopic (exact) mass is 419 g/mol. The smallest absolute Gasteiger partial charge is 0.207 e. The summed E-state index contributed by atoms with van der Waals surface area (Å²) < 4.78 is 67.7. The van der Waals surface area contributed by atoms with E-state index < -0.39 is 32.2 Å². The SMILES string of the molecule is O=S(=O)(NC1(c2ccc(Br)cc2)CC1)c1ccccc1C(F)(F)F. The first-order chi connectivity index (χ1) is 11.1. The quantitative estimate of drug-likeness (QED) is 0.796. The van der Waals surface area contributed by atoms with Crippen LogP contribution in [0.2, 0.25) is 0 Å². The Morgan fingerprint density at radius 3 is 2.12 bits per heavy atom. The molecule has 2 aromatic carbocycles. The fourth-order valence-electron chi connectivity index (χ4n) is 2.59. The maximum absolute atomic E-state index is 13.1. The zero-order valence-electron chi connectivity index (χ0n) is 12.3. The molecule has 1 fully saturated rings. The third-order valence-electron chi connectivity index (χ3n) is 3.96. The van der Waals surface area contributed by atoms with Crippen LogP contribution in [0.3, 0.4) is 0 Å². The molecule has 1 aliphatic rings. The van der Waals surface area contributed by atoms with Crippen LogP contribution in [-0.4, -0.2) is 8.42 Å². The van der Waals surface area contributed by atoms with Crippen LogP contribution in [0.25, 0.3) is 0 Å². The minimum Gasteiger partial charge on any atom is -0.207 e. The molecule has 1 N–H and O–H groups in total. The van der Waals surface area contributed by atoms with Gasteiger partial charge in [0.05, 0.1) is 16.0 Å². The summed E-state index contributed by atoms with van der Waals surface area (Å²) in [5, 5.41) is 0. The minimum atomic E-state index is -4.74. The summed E-state index contributed by atoms with van der Waals surface area (Å²) >= 11 is 3.30. The van der Waals surface area contributed by atoms with Crippen molar-refractivity contribution in [3.8, 4) is 0 Å². The Morgan fingerprint density at radius 1 is 1.00 bits per heavy atom. The third kappa shape index (κ3) is 3.36. The van der Waals surface area contributed by atoms with Crippen molar-refractivity contribution in [2.45, 2.75) is 29.5 Å². The lowest BCUT2D eigenvalue weighted by Crippen LogP contribution is -2.35. The number of hydrogen-bond acceptors (Lipinski definition) is 2. The molecule has 1 saturated carbocycles. The van der Waals surface area contributed by atoms with Gasteiger partial charge in [-0.2, -0.15) is 13.2 Å². The number of halogens is 4. The Hall–Kier alpha value is -1.38. The van der Waals surface area contributed by atoms with Crippen LogP contribution >= 0.6 is 15.9 Å². The summed E-state index contributed by atoms with van der Waals surface area (Å²) in [7, 11) is -4.31. The lowest BCUT2D eigenvalue weighted by atomic mass is 10.1. The largest absolute Gasteiger partial charge is 0.417 e. The molecule has 0 spiro atoms. The van der Waals surface area contributed by atoms with Crippen molar-refractivity contribution in [1.82, 2.24) is 4.72 Å². The van der Waals surface area contributed by atoms with E-state index in [2.05, 4.69) is 20.7 Å². The van der Waals surface area contributed by atoms with Gasteiger partial charge in [0.1, 0.15) is 0 Å². The second kappa shape index (κ2) is 5.86. The molecule has 2 aromatic rings. The van der Waals surface area contributed by atoms with Gasteiger partial charge in [-0.3, -0.25) is 0 Å². The molecule has 0 heterocycles. The molecule has 3 rings (SSSR count). The van der Waals surface area contributed by atoms with E-state index >= 15 is 0 Å². The Balaban J connectivity index is 1.97. The van der Waals surface area contributed by atoms with E-state index in [9.17, 15) is 21.6 Å². The average Bonchev–Trinajstić information content (AvgIpc) is 3.27. The lowest BCUT2D eigenvalue weighted by Gasteiger charge is -2.20. The van der Waals surface area contributed by atoms with Crippen LogP contribution in [0.15, 0.2) is 57.9 Å². The van der Waals surface area contributed by atoms with Gasteiger partial charge >= 0.3 is 6.18 Å². The molecular weight excluding hydrogens is 407 g/mol. The molecule has 1 aliphatic carbocycles. The number of sulfonamides is 1. The summed E-state index contributed by atoms with van der Waals surface area (Å²) in [6, 6.07) is 11.3. The maximum Gasteiger partial charge on any atom is 0.417 e. The van der Waals surface area contributed by atoms with Gasteiger partial charge in [0.2, 0.25) is 10.0 Å². The average molecular weight is 420 g/mol. The van der Waals surface area contributed by atoms with Gasteiger partial charge in [-0.15, -0.1) is 0 Å². The van der Waals surface area contributed by atoms with E-state index in [1.807, 2.05) is 0 Å². The molecule has 8 heteroatoms. The van der Waals surface area contributed by atoms with Gasteiger partial charge in [0, 0.05) is 4.47 Å². The molecule has 128 valence electrons. The normalized spacial score (nSPS) is 16.8. The molecule has 3 nitrogen and oxygen atoms in total. The summed E-state index contributed by atoms with van der Waals surface area (Å²) in [6.07, 6.45) is -3.65. The first-order valence-electron chi connectivity index (χ1n) is 7.10. The van der Waals surface area contributed by atoms with E-state index in [-0.39, 0.29) is 0 Å². The van der Waals surface area contributed by atoms with E-state index in [1.54, 1.807) is 24.3 Å². The topological polar surface area (TPSA) is 46.2 Å². The fraction of sp³-hybridized carbons (Fsp3) is 0.250. The van der Waals surface area contributed by atoms with Crippen LogP contribution in [0.5, 0.6) is 0 Å². The molecule has 0 radical (unpaired) electrons. The zero-order chi connectivity index (χ0) is 17.6. The highest BCUT2D eigenvalue weighted by atomic mass is 79.9. The Kier molecular flexibility index (Phi) is 4.26. The van der Waals surface area contributed by atoms with Crippen LogP contribution in [0, 0.1) is 0 Å². The molecule has 0 amide bonds. The second-order valence-electron chi connectivity index (χ2n) is 5.69. The van der Waals surface area contributed by atoms with Gasteiger partial charge in [0.15, 0.2) is 0 Å². The molecule has 0 atom stereocenters. The van der Waals surface area contributed by atoms with E-state index in [0.29, 0.717) is 12.8 Å². The Bertz CT molecular complexity index is 860. The van der Waals surface area contributed by atoms with Gasteiger partial charge in [-0.05, 0) is 42.7 Å². The lowest BCUT2D eigenvalue weighted by molar-refractivity contribution is -0.139. The highest BCUT2D eigenvalue weighted by molar-refractivity contribution is 9.10. The van der Waals surface area contributed by atoms with Crippen molar-refractivity contribution >= 4 is 26.0 Å².